The van der Waals surface area contributed by atoms with Crippen LogP contribution < -0.4 is 5.32 Å². The fourth-order valence-corrected chi connectivity index (χ4v) is 1.65. The molecule has 20 heavy (non-hydrogen) atoms. The molecule has 0 radical (unpaired) electrons. The molecule has 2 aromatic rings. The van der Waals surface area contributed by atoms with E-state index >= 15 is 0 Å². The molecule has 0 aliphatic carbocycles. The summed E-state index contributed by atoms with van der Waals surface area (Å²) in [5.74, 6) is 0. The molecule has 0 aromatic heterocycles. The molecule has 0 aliphatic heterocycles. The lowest BCUT2D eigenvalue weighted by Gasteiger charge is -2.07. The van der Waals surface area contributed by atoms with Gasteiger partial charge in [0, 0.05) is 6.54 Å². The van der Waals surface area contributed by atoms with Crippen molar-refractivity contribution < 1.29 is 9.53 Å². The predicted molar refractivity (Wildman–Crippen MR) is 74.6 cm³/mol. The zero-order valence-corrected chi connectivity index (χ0v) is 10.9. The molecule has 0 aliphatic rings. The lowest BCUT2D eigenvalue weighted by atomic mass is 10.1. The quantitative estimate of drug-likeness (QED) is 0.925. The number of benzene rings is 2. The van der Waals surface area contributed by atoms with Gasteiger partial charge >= 0.3 is 6.09 Å². The normalized spacial score (nSPS) is 9.55. The van der Waals surface area contributed by atoms with Gasteiger partial charge in [0.25, 0.3) is 0 Å². The van der Waals surface area contributed by atoms with Crippen molar-refractivity contribution in [2.45, 2.75) is 13.2 Å². The Hall–Kier alpha value is -2.80. The standard InChI is InChI=1S/C16H14N2O2/c17-10-13-6-8-14(9-7-13)11-18-16(19)20-12-15-4-2-1-3-5-15/h1-9H,11-12H2,(H,18,19). The Morgan fingerprint density at radius 2 is 1.75 bits per heavy atom. The van der Waals surface area contributed by atoms with Gasteiger partial charge in [0.15, 0.2) is 0 Å². The average Bonchev–Trinajstić information content (AvgIpc) is 2.52. The number of ether oxygens (including phenoxy) is 1. The fourth-order valence-electron chi connectivity index (χ4n) is 1.65. The molecule has 4 nitrogen and oxygen atoms in total. The van der Waals surface area contributed by atoms with E-state index in [0.29, 0.717) is 12.1 Å². The monoisotopic (exact) mass is 266 g/mol. The second-order valence-corrected chi connectivity index (χ2v) is 4.22. The molecule has 0 unspecified atom stereocenters. The number of carbonyl (C=O) groups excluding carboxylic acids is 1. The number of hydrogen-bond donors (Lipinski definition) is 1. The van der Waals surface area contributed by atoms with E-state index in [1.54, 1.807) is 24.3 Å². The summed E-state index contributed by atoms with van der Waals surface area (Å²) in [6, 6.07) is 18.6. The minimum Gasteiger partial charge on any atom is -0.445 e. The zero-order chi connectivity index (χ0) is 14.2. The van der Waals surface area contributed by atoms with Crippen molar-refractivity contribution in [3.63, 3.8) is 0 Å². The molecule has 100 valence electrons. The Labute approximate surface area is 117 Å². The highest BCUT2D eigenvalue weighted by Crippen LogP contribution is 2.04. The van der Waals surface area contributed by atoms with E-state index in [1.807, 2.05) is 36.4 Å². The van der Waals surface area contributed by atoms with E-state index < -0.39 is 6.09 Å². The Bertz CT molecular complexity index is 601. The number of nitriles is 1. The molecular weight excluding hydrogens is 252 g/mol. The first-order valence-corrected chi connectivity index (χ1v) is 6.21. The third-order valence-corrected chi connectivity index (χ3v) is 2.73. The van der Waals surface area contributed by atoms with Crippen LogP contribution in [-0.4, -0.2) is 6.09 Å². The van der Waals surface area contributed by atoms with Gasteiger partial charge in [0.1, 0.15) is 6.61 Å². The van der Waals surface area contributed by atoms with Crippen LogP contribution in [0.25, 0.3) is 0 Å². The van der Waals surface area contributed by atoms with Crippen molar-refractivity contribution in [1.29, 1.82) is 5.26 Å². The van der Waals surface area contributed by atoms with Crippen molar-refractivity contribution in [3.8, 4) is 6.07 Å². The van der Waals surface area contributed by atoms with Gasteiger partial charge in [0.2, 0.25) is 0 Å². The summed E-state index contributed by atoms with van der Waals surface area (Å²) in [7, 11) is 0. The summed E-state index contributed by atoms with van der Waals surface area (Å²) in [5, 5.41) is 11.3. The van der Waals surface area contributed by atoms with Gasteiger partial charge in [0.05, 0.1) is 11.6 Å². The number of nitrogens with zero attached hydrogens (tertiary/aromatic N) is 1. The molecule has 1 amide bonds. The zero-order valence-electron chi connectivity index (χ0n) is 10.9. The lowest BCUT2D eigenvalue weighted by molar-refractivity contribution is 0.139. The molecular formula is C16H14N2O2. The van der Waals surface area contributed by atoms with Gasteiger partial charge in [-0.05, 0) is 23.3 Å². The van der Waals surface area contributed by atoms with Crippen LogP contribution in [0.2, 0.25) is 0 Å². The van der Waals surface area contributed by atoms with Crippen molar-refractivity contribution in [2.24, 2.45) is 0 Å². The average molecular weight is 266 g/mol. The van der Waals surface area contributed by atoms with Crippen LogP contribution in [0.5, 0.6) is 0 Å². The summed E-state index contributed by atoms with van der Waals surface area (Å²) < 4.78 is 5.09. The van der Waals surface area contributed by atoms with E-state index in [0.717, 1.165) is 11.1 Å². The highest BCUT2D eigenvalue weighted by molar-refractivity contribution is 5.67. The summed E-state index contributed by atoms with van der Waals surface area (Å²) >= 11 is 0. The number of hydrogen-bond acceptors (Lipinski definition) is 3. The largest absolute Gasteiger partial charge is 0.445 e. The van der Waals surface area contributed by atoms with Crippen molar-refractivity contribution in [1.82, 2.24) is 5.32 Å². The molecule has 2 aromatic carbocycles. The smallest absolute Gasteiger partial charge is 0.407 e. The number of alkyl carbamates (subject to hydrolysis) is 1. The van der Waals surface area contributed by atoms with E-state index in [1.165, 1.54) is 0 Å². The van der Waals surface area contributed by atoms with Gasteiger partial charge in [-0.2, -0.15) is 5.26 Å². The van der Waals surface area contributed by atoms with Crippen LogP contribution in [-0.2, 0) is 17.9 Å². The fraction of sp³-hybridized carbons (Fsp3) is 0.125. The molecule has 0 saturated heterocycles. The number of carbonyl (C=O) groups is 1. The first-order chi connectivity index (χ1) is 9.78. The summed E-state index contributed by atoms with van der Waals surface area (Å²) in [6.07, 6.45) is -0.460. The van der Waals surface area contributed by atoms with Crippen LogP contribution in [0.1, 0.15) is 16.7 Å². The molecule has 0 heterocycles. The number of amides is 1. The van der Waals surface area contributed by atoms with Crippen molar-refractivity contribution in [3.05, 3.63) is 71.3 Å². The second-order valence-electron chi connectivity index (χ2n) is 4.22. The van der Waals surface area contributed by atoms with Crippen LogP contribution in [0.15, 0.2) is 54.6 Å². The van der Waals surface area contributed by atoms with Gasteiger partial charge in [-0.1, -0.05) is 42.5 Å². The van der Waals surface area contributed by atoms with E-state index in [2.05, 4.69) is 5.32 Å². The Kier molecular flexibility index (Phi) is 4.74. The van der Waals surface area contributed by atoms with Crippen molar-refractivity contribution >= 4 is 6.09 Å². The molecule has 0 spiro atoms. The van der Waals surface area contributed by atoms with Crippen LogP contribution in [0.4, 0.5) is 4.79 Å². The lowest BCUT2D eigenvalue weighted by Crippen LogP contribution is -2.23. The molecule has 0 saturated carbocycles. The van der Waals surface area contributed by atoms with Gasteiger partial charge < -0.3 is 10.1 Å². The molecule has 1 N–H and O–H groups in total. The summed E-state index contributed by atoms with van der Waals surface area (Å²) in [5.41, 5.74) is 2.46. The highest BCUT2D eigenvalue weighted by Gasteiger charge is 2.02. The summed E-state index contributed by atoms with van der Waals surface area (Å²) in [4.78, 5) is 11.5. The van der Waals surface area contributed by atoms with Crippen LogP contribution in [0.3, 0.4) is 0 Å². The minimum absolute atomic E-state index is 0.250. The maximum Gasteiger partial charge on any atom is 0.407 e. The molecule has 2 rings (SSSR count). The highest BCUT2D eigenvalue weighted by atomic mass is 16.5. The molecule has 0 fully saturated rings. The predicted octanol–water partition coefficient (Wildman–Crippen LogP) is 2.98. The Balaban J connectivity index is 1.76. The third kappa shape index (κ3) is 4.14. The first kappa shape index (κ1) is 13.6. The SMILES string of the molecule is N#Cc1ccc(CNC(=O)OCc2ccccc2)cc1. The minimum atomic E-state index is -0.460. The number of nitrogens with one attached hydrogen (secondary N) is 1. The molecule has 4 heteroatoms. The molecule has 0 atom stereocenters. The van der Waals surface area contributed by atoms with Gasteiger partial charge in [-0.15, -0.1) is 0 Å². The van der Waals surface area contributed by atoms with Crippen molar-refractivity contribution in [2.75, 3.05) is 0 Å². The van der Waals surface area contributed by atoms with Crippen LogP contribution >= 0.6 is 0 Å². The first-order valence-electron chi connectivity index (χ1n) is 6.21. The van der Waals surface area contributed by atoms with E-state index in [-0.39, 0.29) is 6.61 Å². The molecule has 0 bridgehead atoms. The Morgan fingerprint density at radius 1 is 1.05 bits per heavy atom. The third-order valence-electron chi connectivity index (χ3n) is 2.73. The van der Waals surface area contributed by atoms with Gasteiger partial charge in [-0.3, -0.25) is 0 Å². The van der Waals surface area contributed by atoms with Gasteiger partial charge in [-0.25, -0.2) is 4.79 Å². The maximum absolute atomic E-state index is 11.5. The van der Waals surface area contributed by atoms with Crippen LogP contribution in [0, 0.1) is 11.3 Å². The summed E-state index contributed by atoms with van der Waals surface area (Å²) in [6.45, 7) is 0.624. The van der Waals surface area contributed by atoms with E-state index in [4.69, 9.17) is 10.00 Å². The maximum atomic E-state index is 11.5. The number of rotatable bonds is 4. The second kappa shape index (κ2) is 6.95. The van der Waals surface area contributed by atoms with E-state index in [9.17, 15) is 4.79 Å². The Morgan fingerprint density at radius 3 is 2.40 bits per heavy atom. The topological polar surface area (TPSA) is 62.1 Å².